The summed E-state index contributed by atoms with van der Waals surface area (Å²) in [6.45, 7) is 0. The van der Waals surface area contributed by atoms with Crippen LogP contribution in [0.1, 0.15) is 16.6 Å². The van der Waals surface area contributed by atoms with Gasteiger partial charge < -0.3 is 4.52 Å². The van der Waals surface area contributed by atoms with E-state index in [-0.39, 0.29) is 0 Å². The number of aromatic nitrogens is 3. The summed E-state index contributed by atoms with van der Waals surface area (Å²) < 4.78 is 5.25. The number of rotatable bonds is 2. The molecule has 0 spiro atoms. The molecule has 2 aromatic heterocycles. The van der Waals surface area contributed by atoms with E-state index in [2.05, 4.69) is 15.1 Å². The lowest BCUT2D eigenvalue weighted by Gasteiger charge is -2.16. The lowest BCUT2D eigenvalue weighted by molar-refractivity contribution is 0.422. The Balaban J connectivity index is 1.81. The van der Waals surface area contributed by atoms with Crippen LogP contribution in [-0.4, -0.2) is 32.4 Å². The first-order valence-corrected chi connectivity index (χ1v) is 7.96. The van der Waals surface area contributed by atoms with E-state index < -0.39 is 0 Å². The maximum atomic E-state index is 8.73. The minimum atomic E-state index is 0.301. The maximum absolute atomic E-state index is 8.73. The van der Waals surface area contributed by atoms with Crippen LogP contribution in [-0.2, 0) is 0 Å². The van der Waals surface area contributed by atoms with Gasteiger partial charge in [-0.25, -0.2) is 4.98 Å². The number of hydrogen-bond donors (Lipinski definition) is 0. The summed E-state index contributed by atoms with van der Waals surface area (Å²) in [7, 11) is 0. The van der Waals surface area contributed by atoms with Crippen molar-refractivity contribution in [2.75, 3.05) is 17.3 Å². The van der Waals surface area contributed by atoms with Crippen molar-refractivity contribution in [3.8, 4) is 17.7 Å². The van der Waals surface area contributed by atoms with Gasteiger partial charge in [-0.05, 0) is 12.1 Å². The Morgan fingerprint density at radius 2 is 2.32 bits per heavy atom. The van der Waals surface area contributed by atoms with Crippen LogP contribution in [0.15, 0.2) is 22.9 Å². The number of hydrogen-bond acceptors (Lipinski definition) is 7. The Hall–Kier alpha value is -1.52. The number of thioether (sulfide) groups is 2. The van der Waals surface area contributed by atoms with Gasteiger partial charge in [0.2, 0.25) is 0 Å². The summed E-state index contributed by atoms with van der Waals surface area (Å²) in [6.07, 6.45) is 1.50. The van der Waals surface area contributed by atoms with E-state index in [1.807, 2.05) is 29.6 Å². The lowest BCUT2D eigenvalue weighted by Crippen LogP contribution is -2.07. The van der Waals surface area contributed by atoms with Crippen LogP contribution in [0.2, 0.25) is 0 Å². The Bertz CT molecular complexity index is 599. The minimum Gasteiger partial charge on any atom is -0.332 e. The highest BCUT2D eigenvalue weighted by Crippen LogP contribution is 2.35. The quantitative estimate of drug-likeness (QED) is 0.841. The summed E-state index contributed by atoms with van der Waals surface area (Å²) in [5.74, 6) is 4.47. The molecule has 96 valence electrons. The van der Waals surface area contributed by atoms with Crippen LogP contribution in [0, 0.1) is 11.3 Å². The molecule has 0 saturated carbocycles. The molecule has 0 aromatic carbocycles. The predicted molar refractivity (Wildman–Crippen MR) is 74.8 cm³/mol. The average Bonchev–Trinajstić information content (AvgIpc) is 2.98. The van der Waals surface area contributed by atoms with Gasteiger partial charge in [0, 0.05) is 23.5 Å². The molecule has 1 aliphatic heterocycles. The third kappa shape index (κ3) is 2.74. The van der Waals surface area contributed by atoms with Crippen LogP contribution < -0.4 is 0 Å². The van der Waals surface area contributed by atoms with Gasteiger partial charge in [-0.15, -0.1) is 11.8 Å². The van der Waals surface area contributed by atoms with Crippen LogP contribution in [0.3, 0.4) is 0 Å². The van der Waals surface area contributed by atoms with E-state index in [0.717, 1.165) is 17.3 Å². The number of nitrogens with zero attached hydrogens (tertiary/aromatic N) is 4. The molecule has 5 nitrogen and oxygen atoms in total. The molecule has 3 heterocycles. The van der Waals surface area contributed by atoms with Crippen molar-refractivity contribution in [3.05, 3.63) is 29.7 Å². The van der Waals surface area contributed by atoms with Gasteiger partial charge >= 0.3 is 0 Å². The zero-order valence-corrected chi connectivity index (χ0v) is 11.6. The number of pyridine rings is 1. The van der Waals surface area contributed by atoms with Gasteiger partial charge in [-0.3, -0.25) is 0 Å². The molecule has 1 unspecified atom stereocenters. The molecule has 1 fully saturated rings. The van der Waals surface area contributed by atoms with Gasteiger partial charge in [0.15, 0.2) is 5.82 Å². The highest BCUT2D eigenvalue weighted by molar-refractivity contribution is 8.06. The van der Waals surface area contributed by atoms with E-state index in [4.69, 9.17) is 9.78 Å². The van der Waals surface area contributed by atoms with E-state index in [0.29, 0.717) is 22.4 Å². The fraction of sp³-hybridized carbons (Fsp3) is 0.333. The van der Waals surface area contributed by atoms with Gasteiger partial charge in [-0.2, -0.15) is 22.0 Å². The Morgan fingerprint density at radius 3 is 3.00 bits per heavy atom. The largest absolute Gasteiger partial charge is 0.332 e. The highest BCUT2D eigenvalue weighted by Gasteiger charge is 2.22. The van der Waals surface area contributed by atoms with Gasteiger partial charge in [0.05, 0.1) is 10.8 Å². The van der Waals surface area contributed by atoms with Crippen molar-refractivity contribution in [2.24, 2.45) is 0 Å². The SMILES string of the molecule is N#Cc1ccc(-c2nc(C3CSCCS3)no2)nc1. The summed E-state index contributed by atoms with van der Waals surface area (Å²) in [4.78, 5) is 8.55. The predicted octanol–water partition coefficient (Wildman–Crippen LogP) is 2.52. The maximum Gasteiger partial charge on any atom is 0.276 e. The fourth-order valence-electron chi connectivity index (χ4n) is 1.69. The summed E-state index contributed by atoms with van der Waals surface area (Å²) in [6, 6.07) is 5.44. The molecule has 3 rings (SSSR count). The zero-order chi connectivity index (χ0) is 13.1. The van der Waals surface area contributed by atoms with Crippen molar-refractivity contribution in [1.29, 1.82) is 5.26 Å². The van der Waals surface area contributed by atoms with E-state index in [1.165, 1.54) is 11.9 Å². The second-order valence-electron chi connectivity index (χ2n) is 3.94. The summed E-state index contributed by atoms with van der Waals surface area (Å²) >= 11 is 3.78. The first-order valence-electron chi connectivity index (χ1n) is 5.76. The molecule has 0 radical (unpaired) electrons. The molecule has 0 N–H and O–H groups in total. The molecule has 1 atom stereocenters. The molecule has 0 amide bonds. The molecule has 2 aromatic rings. The first-order chi connectivity index (χ1) is 9.36. The monoisotopic (exact) mass is 290 g/mol. The molecule has 7 heteroatoms. The van der Waals surface area contributed by atoms with E-state index >= 15 is 0 Å². The molecule has 1 aliphatic rings. The third-order valence-electron chi connectivity index (χ3n) is 2.66. The molecular formula is C12H10N4OS2. The normalized spacial score (nSPS) is 19.0. The molecule has 1 saturated heterocycles. The third-order valence-corrected chi connectivity index (χ3v) is 5.41. The zero-order valence-electron chi connectivity index (χ0n) is 9.94. The van der Waals surface area contributed by atoms with Crippen LogP contribution in [0.5, 0.6) is 0 Å². The van der Waals surface area contributed by atoms with Crippen LogP contribution >= 0.6 is 23.5 Å². The molecular weight excluding hydrogens is 280 g/mol. The van der Waals surface area contributed by atoms with Gasteiger partial charge in [-0.1, -0.05) is 5.16 Å². The Kier molecular flexibility index (Phi) is 3.71. The van der Waals surface area contributed by atoms with E-state index in [9.17, 15) is 0 Å². The topological polar surface area (TPSA) is 75.6 Å². The van der Waals surface area contributed by atoms with Crippen LogP contribution in [0.4, 0.5) is 0 Å². The van der Waals surface area contributed by atoms with Gasteiger partial charge in [0.1, 0.15) is 11.8 Å². The minimum absolute atomic E-state index is 0.301. The van der Waals surface area contributed by atoms with E-state index in [1.54, 1.807) is 12.1 Å². The van der Waals surface area contributed by atoms with Crippen LogP contribution in [0.25, 0.3) is 11.6 Å². The van der Waals surface area contributed by atoms with Gasteiger partial charge in [0.25, 0.3) is 5.89 Å². The van der Waals surface area contributed by atoms with Crippen molar-refractivity contribution >= 4 is 23.5 Å². The molecule has 0 aliphatic carbocycles. The van der Waals surface area contributed by atoms with Crippen molar-refractivity contribution < 1.29 is 4.52 Å². The second-order valence-corrected chi connectivity index (χ2v) is 6.40. The Labute approximate surface area is 118 Å². The number of nitriles is 1. The smallest absolute Gasteiger partial charge is 0.276 e. The first kappa shape index (κ1) is 12.5. The average molecular weight is 290 g/mol. The van der Waals surface area contributed by atoms with Crippen molar-refractivity contribution in [3.63, 3.8) is 0 Å². The lowest BCUT2D eigenvalue weighted by atomic mass is 10.3. The molecule has 0 bridgehead atoms. The van der Waals surface area contributed by atoms with Crippen molar-refractivity contribution in [2.45, 2.75) is 5.25 Å². The highest BCUT2D eigenvalue weighted by atomic mass is 32.2. The fourth-order valence-corrected chi connectivity index (χ4v) is 4.28. The van der Waals surface area contributed by atoms with Crippen molar-refractivity contribution in [1.82, 2.24) is 15.1 Å². The summed E-state index contributed by atoms with van der Waals surface area (Å²) in [5.41, 5.74) is 1.12. The standard InChI is InChI=1S/C12H10N4OS2/c13-5-8-1-2-9(14-6-8)12-15-11(16-17-12)10-7-18-3-4-19-10/h1-2,6,10H,3-4,7H2. The second kappa shape index (κ2) is 5.63. The Morgan fingerprint density at radius 1 is 1.37 bits per heavy atom. The summed E-state index contributed by atoms with van der Waals surface area (Å²) in [5, 5.41) is 13.1. The molecule has 19 heavy (non-hydrogen) atoms.